The molecule has 162 valence electrons. The normalized spacial score (nSPS) is 16.7. The van der Waals surface area contributed by atoms with Crippen molar-refractivity contribution in [3.05, 3.63) is 41.0 Å². The molecular formula is C27H38N2O. The van der Waals surface area contributed by atoms with Gasteiger partial charge in [0.1, 0.15) is 30.1 Å². The van der Waals surface area contributed by atoms with E-state index in [1.165, 1.54) is 44.9 Å². The van der Waals surface area contributed by atoms with Gasteiger partial charge < -0.3 is 4.74 Å². The lowest BCUT2D eigenvalue weighted by molar-refractivity contribution is 0.158. The number of benzene rings is 1. The largest absolute Gasteiger partial charge is 0.488 e. The van der Waals surface area contributed by atoms with E-state index < -0.39 is 0 Å². The van der Waals surface area contributed by atoms with E-state index in [0.29, 0.717) is 29.4 Å². The number of allylic oxidation sites excluding steroid dienone is 1. The van der Waals surface area contributed by atoms with E-state index in [1.54, 1.807) is 0 Å². The summed E-state index contributed by atoms with van der Waals surface area (Å²) in [6.07, 6.45) is 17.6. The van der Waals surface area contributed by atoms with Crippen LogP contribution < -0.4 is 4.74 Å². The first-order chi connectivity index (χ1) is 14.6. The first kappa shape index (κ1) is 24.0. The first-order valence-electron chi connectivity index (χ1n) is 11.9. The molecule has 0 spiro atoms. The number of aryl methyl sites for hydroxylation is 1. The highest BCUT2D eigenvalue weighted by Gasteiger charge is 2.34. The maximum absolute atomic E-state index is 9.66. The Morgan fingerprint density at radius 2 is 1.77 bits per heavy atom. The van der Waals surface area contributed by atoms with Crippen molar-refractivity contribution in [2.75, 3.05) is 6.61 Å². The summed E-state index contributed by atoms with van der Waals surface area (Å²) in [5.41, 5.74) is 2.11. The lowest BCUT2D eigenvalue weighted by Gasteiger charge is -2.40. The summed E-state index contributed by atoms with van der Waals surface area (Å²) in [4.78, 5) is 0. The highest BCUT2D eigenvalue weighted by Crippen LogP contribution is 2.45. The van der Waals surface area contributed by atoms with Gasteiger partial charge in [-0.3, -0.25) is 0 Å². The van der Waals surface area contributed by atoms with Crippen molar-refractivity contribution in [3.8, 4) is 17.9 Å². The number of hydrogen-bond acceptors (Lipinski definition) is 3. The SMILES string of the molecule is CCCCCc1ccc(OC/C=C/C2(C(C)CCC)CCCCC2)c(C#N)c1C#N. The molecule has 1 atom stereocenters. The fraction of sp³-hybridized carbons (Fsp3) is 0.630. The van der Waals surface area contributed by atoms with Crippen LogP contribution in [0.15, 0.2) is 24.3 Å². The fourth-order valence-electron chi connectivity index (χ4n) is 4.93. The topological polar surface area (TPSA) is 56.8 Å². The highest BCUT2D eigenvalue weighted by molar-refractivity contribution is 5.57. The fourth-order valence-corrected chi connectivity index (χ4v) is 4.93. The van der Waals surface area contributed by atoms with Crippen LogP contribution in [0.4, 0.5) is 0 Å². The summed E-state index contributed by atoms with van der Waals surface area (Å²) in [7, 11) is 0. The molecule has 1 aliphatic carbocycles. The molecule has 30 heavy (non-hydrogen) atoms. The minimum atomic E-state index is 0.288. The molecule has 1 aromatic carbocycles. The Hall–Kier alpha value is -2.26. The third-order valence-corrected chi connectivity index (χ3v) is 6.80. The van der Waals surface area contributed by atoms with Gasteiger partial charge in [0, 0.05) is 0 Å². The predicted octanol–water partition coefficient (Wildman–Crippen LogP) is 7.48. The average Bonchev–Trinajstić information content (AvgIpc) is 2.77. The van der Waals surface area contributed by atoms with Crippen molar-refractivity contribution < 1.29 is 4.74 Å². The molecule has 0 aromatic heterocycles. The second-order valence-corrected chi connectivity index (χ2v) is 8.85. The molecule has 1 unspecified atom stereocenters. The summed E-state index contributed by atoms with van der Waals surface area (Å²) in [5, 5.41) is 19.3. The molecule has 0 heterocycles. The number of ether oxygens (including phenoxy) is 1. The quantitative estimate of drug-likeness (QED) is 0.282. The summed E-state index contributed by atoms with van der Waals surface area (Å²) < 4.78 is 5.97. The summed E-state index contributed by atoms with van der Waals surface area (Å²) >= 11 is 0. The van der Waals surface area contributed by atoms with Crippen LogP contribution in [0.25, 0.3) is 0 Å². The van der Waals surface area contributed by atoms with Gasteiger partial charge in [0.05, 0.1) is 5.56 Å². The maximum Gasteiger partial charge on any atom is 0.138 e. The summed E-state index contributed by atoms with van der Waals surface area (Å²) in [6.45, 7) is 7.26. The van der Waals surface area contributed by atoms with Crippen molar-refractivity contribution in [2.24, 2.45) is 11.3 Å². The van der Waals surface area contributed by atoms with Crippen LogP contribution in [-0.2, 0) is 6.42 Å². The molecule has 0 radical (unpaired) electrons. The number of rotatable bonds is 11. The number of hydrogen-bond donors (Lipinski definition) is 0. The molecular weight excluding hydrogens is 368 g/mol. The minimum absolute atomic E-state index is 0.288. The predicted molar refractivity (Wildman–Crippen MR) is 123 cm³/mol. The van der Waals surface area contributed by atoms with E-state index in [0.717, 1.165) is 31.2 Å². The monoisotopic (exact) mass is 406 g/mol. The number of nitriles is 2. The van der Waals surface area contributed by atoms with E-state index in [9.17, 15) is 10.5 Å². The van der Waals surface area contributed by atoms with Crippen LogP contribution >= 0.6 is 0 Å². The van der Waals surface area contributed by atoms with Gasteiger partial charge in [0.2, 0.25) is 0 Å². The minimum Gasteiger partial charge on any atom is -0.488 e. The Bertz CT molecular complexity index is 775. The Labute approximate surface area is 183 Å². The van der Waals surface area contributed by atoms with Crippen molar-refractivity contribution >= 4 is 0 Å². The van der Waals surface area contributed by atoms with Crippen LogP contribution in [-0.4, -0.2) is 6.61 Å². The maximum atomic E-state index is 9.66. The van der Waals surface area contributed by atoms with Gasteiger partial charge in [-0.15, -0.1) is 0 Å². The lowest BCUT2D eigenvalue weighted by Crippen LogP contribution is -2.29. The Morgan fingerprint density at radius 1 is 1.03 bits per heavy atom. The van der Waals surface area contributed by atoms with Crippen molar-refractivity contribution in [2.45, 2.75) is 91.4 Å². The molecule has 3 heteroatoms. The third kappa shape index (κ3) is 6.12. The zero-order chi connectivity index (χ0) is 21.8. The average molecular weight is 407 g/mol. The Kier molecular flexibility index (Phi) is 9.96. The molecule has 1 fully saturated rings. The standard InChI is InChI=1S/C27H38N2O/c1-4-6-8-13-23-14-15-26(25(21-29)24(23)20-28)30-19-11-18-27(22(3)12-5-2)16-9-7-10-17-27/h11,14-15,18,22H,4-10,12-13,16-17,19H2,1-3H3/b18-11+. The van der Waals surface area contributed by atoms with Crippen LogP contribution in [0.2, 0.25) is 0 Å². The smallest absolute Gasteiger partial charge is 0.138 e. The van der Waals surface area contributed by atoms with E-state index in [-0.39, 0.29) is 5.41 Å². The second kappa shape index (κ2) is 12.4. The zero-order valence-corrected chi connectivity index (χ0v) is 19.2. The molecule has 3 nitrogen and oxygen atoms in total. The van der Waals surface area contributed by atoms with E-state index in [4.69, 9.17) is 4.74 Å². The Morgan fingerprint density at radius 3 is 2.40 bits per heavy atom. The van der Waals surface area contributed by atoms with E-state index in [1.807, 2.05) is 12.1 Å². The molecule has 0 bridgehead atoms. The van der Waals surface area contributed by atoms with Crippen molar-refractivity contribution in [3.63, 3.8) is 0 Å². The molecule has 0 aliphatic heterocycles. The molecule has 2 rings (SSSR count). The molecule has 1 aliphatic rings. The number of unbranched alkanes of at least 4 members (excludes halogenated alkanes) is 2. The summed E-state index contributed by atoms with van der Waals surface area (Å²) in [6, 6.07) is 8.27. The molecule has 0 amide bonds. The van der Waals surface area contributed by atoms with Gasteiger partial charge in [-0.05, 0) is 48.6 Å². The van der Waals surface area contributed by atoms with Gasteiger partial charge in [-0.2, -0.15) is 10.5 Å². The highest BCUT2D eigenvalue weighted by atomic mass is 16.5. The molecule has 1 aromatic rings. The third-order valence-electron chi connectivity index (χ3n) is 6.80. The zero-order valence-electron chi connectivity index (χ0n) is 19.2. The lowest BCUT2D eigenvalue weighted by atomic mass is 9.65. The van der Waals surface area contributed by atoms with Crippen LogP contribution in [0.3, 0.4) is 0 Å². The van der Waals surface area contributed by atoms with Crippen molar-refractivity contribution in [1.29, 1.82) is 10.5 Å². The summed E-state index contributed by atoms with van der Waals surface area (Å²) in [5.74, 6) is 1.21. The molecule has 0 N–H and O–H groups in total. The Balaban J connectivity index is 2.10. The van der Waals surface area contributed by atoms with E-state index >= 15 is 0 Å². The van der Waals surface area contributed by atoms with Crippen LogP contribution in [0.5, 0.6) is 5.75 Å². The second-order valence-electron chi connectivity index (χ2n) is 8.85. The van der Waals surface area contributed by atoms with Gasteiger partial charge in [-0.25, -0.2) is 0 Å². The van der Waals surface area contributed by atoms with Gasteiger partial charge in [-0.1, -0.05) is 83.9 Å². The molecule has 0 saturated heterocycles. The van der Waals surface area contributed by atoms with E-state index in [2.05, 4.69) is 45.1 Å². The first-order valence-corrected chi connectivity index (χ1v) is 11.9. The van der Waals surface area contributed by atoms with Gasteiger partial charge >= 0.3 is 0 Å². The molecule has 1 saturated carbocycles. The van der Waals surface area contributed by atoms with Gasteiger partial charge in [0.25, 0.3) is 0 Å². The van der Waals surface area contributed by atoms with Crippen LogP contribution in [0.1, 0.15) is 102 Å². The van der Waals surface area contributed by atoms with Crippen molar-refractivity contribution in [1.82, 2.24) is 0 Å². The number of nitrogens with zero attached hydrogens (tertiary/aromatic N) is 2. The van der Waals surface area contributed by atoms with Gasteiger partial charge in [0.15, 0.2) is 0 Å². The van der Waals surface area contributed by atoms with Crippen LogP contribution in [0, 0.1) is 34.0 Å².